The molecule has 0 aromatic heterocycles. The number of ether oxygens (including phenoxy) is 1. The second kappa shape index (κ2) is 9.02. The first-order valence-electron chi connectivity index (χ1n) is 10.2. The normalized spacial score (nSPS) is 18.2. The molecular weight excluding hydrogens is 442 g/mol. The Bertz CT molecular complexity index is 1020. The molecule has 1 aliphatic heterocycles. The van der Waals surface area contributed by atoms with Crippen LogP contribution in [0.4, 0.5) is 5.69 Å². The number of amides is 1. The fourth-order valence-corrected chi connectivity index (χ4v) is 4.06. The maximum atomic E-state index is 12.6. The number of aliphatic hydroxyl groups excluding tert-OH is 1. The summed E-state index contributed by atoms with van der Waals surface area (Å²) in [7, 11) is 0. The van der Waals surface area contributed by atoms with Crippen LogP contribution in [0.25, 0.3) is 11.1 Å². The van der Waals surface area contributed by atoms with Gasteiger partial charge >= 0.3 is 0 Å². The Balaban J connectivity index is 1.63. The van der Waals surface area contributed by atoms with Crippen LogP contribution in [-0.4, -0.2) is 23.7 Å². The first kappa shape index (κ1) is 20.6. The molecule has 1 amide bonds. The number of benzene rings is 3. The zero-order chi connectivity index (χ0) is 21.1. The van der Waals surface area contributed by atoms with E-state index in [2.05, 4.69) is 35.0 Å². The molecule has 3 aromatic rings. The van der Waals surface area contributed by atoms with Gasteiger partial charge in [-0.2, -0.15) is 0 Å². The van der Waals surface area contributed by atoms with E-state index in [0.29, 0.717) is 12.4 Å². The molecule has 0 spiro atoms. The molecule has 0 bridgehead atoms. The molecule has 0 unspecified atom stereocenters. The lowest BCUT2D eigenvalue weighted by molar-refractivity contribution is -0.137. The van der Waals surface area contributed by atoms with Crippen LogP contribution in [0.1, 0.15) is 31.4 Å². The fourth-order valence-electron chi connectivity index (χ4n) is 3.72. The number of rotatable bonds is 7. The number of carbonyl (C=O) groups excluding carboxylic acids is 1. The quantitative estimate of drug-likeness (QED) is 0.357. The lowest BCUT2D eigenvalue weighted by Gasteiger charge is -2.45. The summed E-state index contributed by atoms with van der Waals surface area (Å²) < 4.78 is 6.88. The van der Waals surface area contributed by atoms with Crippen LogP contribution in [0.2, 0.25) is 0 Å². The van der Waals surface area contributed by atoms with E-state index in [1.54, 1.807) is 4.90 Å². The molecule has 3 aromatic carbocycles. The molecule has 4 rings (SSSR count). The maximum absolute atomic E-state index is 12.6. The van der Waals surface area contributed by atoms with Crippen LogP contribution in [0.5, 0.6) is 5.75 Å². The SMILES string of the molecule is CCCCOc1cc(Br)ccc1[C@@H]1[C@H](O)C(=O)N1c1ccc(-c2ccccc2)cc1. The predicted octanol–water partition coefficient (Wildman–Crippen LogP) is 5.74. The molecule has 30 heavy (non-hydrogen) atoms. The minimum Gasteiger partial charge on any atom is -0.493 e. The van der Waals surface area contributed by atoms with E-state index in [-0.39, 0.29) is 5.91 Å². The number of unbranched alkanes of at least 4 members (excludes halogenated alkanes) is 1. The molecule has 1 heterocycles. The van der Waals surface area contributed by atoms with Gasteiger partial charge in [0, 0.05) is 15.7 Å². The molecule has 4 nitrogen and oxygen atoms in total. The van der Waals surface area contributed by atoms with Crippen molar-refractivity contribution in [1.29, 1.82) is 0 Å². The van der Waals surface area contributed by atoms with Gasteiger partial charge in [-0.15, -0.1) is 0 Å². The van der Waals surface area contributed by atoms with Crippen molar-refractivity contribution in [3.63, 3.8) is 0 Å². The minimum absolute atomic E-state index is 0.296. The summed E-state index contributed by atoms with van der Waals surface area (Å²) in [5.41, 5.74) is 3.78. The van der Waals surface area contributed by atoms with Crippen molar-refractivity contribution in [1.82, 2.24) is 0 Å². The highest BCUT2D eigenvalue weighted by Gasteiger charge is 2.49. The van der Waals surface area contributed by atoms with Crippen LogP contribution < -0.4 is 9.64 Å². The molecule has 1 aliphatic rings. The standard InChI is InChI=1S/C25H24BrNO3/c1-2-3-15-30-22-16-19(26)11-14-21(22)23-24(28)25(29)27(23)20-12-9-18(10-13-20)17-7-5-4-6-8-17/h4-14,16,23-24,28H,2-3,15H2,1H3/t23-,24+/m1/s1. The molecule has 0 saturated carbocycles. The molecule has 154 valence electrons. The van der Waals surface area contributed by atoms with E-state index in [1.165, 1.54) is 0 Å². The largest absolute Gasteiger partial charge is 0.493 e. The van der Waals surface area contributed by atoms with Gasteiger partial charge < -0.3 is 9.84 Å². The van der Waals surface area contributed by atoms with Crippen LogP contribution in [0.15, 0.2) is 77.3 Å². The molecule has 5 heteroatoms. The van der Waals surface area contributed by atoms with E-state index < -0.39 is 12.1 Å². The average molecular weight is 466 g/mol. The Morgan fingerprint density at radius 2 is 1.70 bits per heavy atom. The number of hydrogen-bond donors (Lipinski definition) is 1. The second-order valence-corrected chi connectivity index (χ2v) is 8.31. The summed E-state index contributed by atoms with van der Waals surface area (Å²) in [6.07, 6.45) is 0.907. The summed E-state index contributed by atoms with van der Waals surface area (Å²) in [4.78, 5) is 14.2. The highest BCUT2D eigenvalue weighted by atomic mass is 79.9. The first-order chi connectivity index (χ1) is 14.6. The number of carbonyl (C=O) groups is 1. The van der Waals surface area contributed by atoms with Crippen molar-refractivity contribution in [2.24, 2.45) is 0 Å². The number of nitrogens with zero attached hydrogens (tertiary/aromatic N) is 1. The monoisotopic (exact) mass is 465 g/mol. The van der Waals surface area contributed by atoms with E-state index in [0.717, 1.165) is 39.7 Å². The topological polar surface area (TPSA) is 49.8 Å². The van der Waals surface area contributed by atoms with Gasteiger partial charge in [0.15, 0.2) is 6.10 Å². The summed E-state index contributed by atoms with van der Waals surface area (Å²) in [6, 6.07) is 23.2. The molecule has 0 aliphatic carbocycles. The van der Waals surface area contributed by atoms with Gasteiger partial charge in [-0.1, -0.05) is 77.8 Å². The lowest BCUT2D eigenvalue weighted by atomic mass is 9.89. The first-order valence-corrected chi connectivity index (χ1v) is 11.0. The Morgan fingerprint density at radius 3 is 2.40 bits per heavy atom. The van der Waals surface area contributed by atoms with Gasteiger partial charge in [-0.3, -0.25) is 9.69 Å². The number of aliphatic hydroxyl groups is 1. The van der Waals surface area contributed by atoms with Gasteiger partial charge in [0.1, 0.15) is 11.8 Å². The van der Waals surface area contributed by atoms with Gasteiger partial charge in [0.25, 0.3) is 5.91 Å². The Labute approximate surface area is 185 Å². The van der Waals surface area contributed by atoms with Crippen molar-refractivity contribution in [2.45, 2.75) is 31.9 Å². The average Bonchev–Trinajstić information content (AvgIpc) is 2.78. The number of hydrogen-bond acceptors (Lipinski definition) is 3. The smallest absolute Gasteiger partial charge is 0.259 e. The van der Waals surface area contributed by atoms with Crippen molar-refractivity contribution in [3.05, 3.63) is 82.8 Å². The maximum Gasteiger partial charge on any atom is 0.259 e. The third-order valence-corrected chi connectivity index (χ3v) is 5.86. The predicted molar refractivity (Wildman–Crippen MR) is 123 cm³/mol. The molecular formula is C25H24BrNO3. The highest BCUT2D eigenvalue weighted by Crippen LogP contribution is 2.43. The summed E-state index contributed by atoms with van der Waals surface area (Å²) >= 11 is 3.49. The van der Waals surface area contributed by atoms with Gasteiger partial charge in [-0.25, -0.2) is 0 Å². The summed E-state index contributed by atoms with van der Waals surface area (Å²) in [5.74, 6) is 0.398. The van der Waals surface area contributed by atoms with Crippen molar-refractivity contribution in [2.75, 3.05) is 11.5 Å². The fraction of sp³-hybridized carbons (Fsp3) is 0.240. The van der Waals surface area contributed by atoms with Crippen LogP contribution in [0.3, 0.4) is 0 Å². The molecule has 0 radical (unpaired) electrons. The minimum atomic E-state index is -1.08. The molecule has 1 fully saturated rings. The lowest BCUT2D eigenvalue weighted by Crippen LogP contribution is -2.59. The number of halogens is 1. The van der Waals surface area contributed by atoms with Gasteiger partial charge in [0.2, 0.25) is 0 Å². The zero-order valence-corrected chi connectivity index (χ0v) is 18.4. The Morgan fingerprint density at radius 1 is 1.00 bits per heavy atom. The van der Waals surface area contributed by atoms with Crippen LogP contribution >= 0.6 is 15.9 Å². The van der Waals surface area contributed by atoms with Crippen LogP contribution in [-0.2, 0) is 4.79 Å². The number of β-lactam (4-membered cyclic amide) rings is 1. The molecule has 2 atom stereocenters. The van der Waals surface area contributed by atoms with Gasteiger partial charge in [0.05, 0.1) is 6.61 Å². The third-order valence-electron chi connectivity index (χ3n) is 5.37. The molecule has 1 saturated heterocycles. The highest BCUT2D eigenvalue weighted by molar-refractivity contribution is 9.10. The van der Waals surface area contributed by atoms with E-state index >= 15 is 0 Å². The third kappa shape index (κ3) is 4.00. The number of anilines is 1. The van der Waals surface area contributed by atoms with E-state index in [1.807, 2.05) is 60.7 Å². The van der Waals surface area contributed by atoms with Crippen LogP contribution in [0, 0.1) is 0 Å². The van der Waals surface area contributed by atoms with Gasteiger partial charge in [-0.05, 0) is 41.8 Å². The Hall–Kier alpha value is -2.63. The van der Waals surface area contributed by atoms with Crippen molar-refractivity contribution < 1.29 is 14.6 Å². The Kier molecular flexibility index (Phi) is 6.21. The van der Waals surface area contributed by atoms with Crippen molar-refractivity contribution in [3.8, 4) is 16.9 Å². The van der Waals surface area contributed by atoms with E-state index in [9.17, 15) is 9.90 Å². The second-order valence-electron chi connectivity index (χ2n) is 7.39. The zero-order valence-electron chi connectivity index (χ0n) is 16.8. The van der Waals surface area contributed by atoms with E-state index in [4.69, 9.17) is 4.74 Å². The summed E-state index contributed by atoms with van der Waals surface area (Å²) in [5, 5.41) is 10.5. The molecule has 1 N–H and O–H groups in total. The summed E-state index contributed by atoms with van der Waals surface area (Å²) in [6.45, 7) is 2.71. The van der Waals surface area contributed by atoms with Crippen molar-refractivity contribution >= 4 is 27.5 Å².